The molecule has 31 heavy (non-hydrogen) atoms. The lowest BCUT2D eigenvalue weighted by atomic mass is 10.1. The van der Waals surface area contributed by atoms with Crippen LogP contribution in [0.3, 0.4) is 0 Å². The lowest BCUT2D eigenvalue weighted by Gasteiger charge is -2.14. The maximum absolute atomic E-state index is 12.6. The Balaban J connectivity index is 1.24. The molecule has 10 heteroatoms. The minimum absolute atomic E-state index is 0.0643. The highest BCUT2D eigenvalue weighted by atomic mass is 35.5. The van der Waals surface area contributed by atoms with Crippen LogP contribution in [0.25, 0.3) is 5.65 Å². The van der Waals surface area contributed by atoms with Crippen LogP contribution in [0.1, 0.15) is 24.2 Å². The minimum Gasteiger partial charge on any atom is -0.356 e. The molecule has 1 aliphatic rings. The van der Waals surface area contributed by atoms with Crippen molar-refractivity contribution in [1.29, 1.82) is 0 Å². The van der Waals surface area contributed by atoms with Gasteiger partial charge in [0.15, 0.2) is 5.65 Å². The van der Waals surface area contributed by atoms with Gasteiger partial charge in [0.05, 0.1) is 13.0 Å². The third-order valence-corrected chi connectivity index (χ3v) is 5.44. The summed E-state index contributed by atoms with van der Waals surface area (Å²) in [6.45, 7) is 0.494. The van der Waals surface area contributed by atoms with Gasteiger partial charge in [-0.05, 0) is 30.2 Å². The monoisotopic (exact) mass is 440 g/mol. The Labute approximate surface area is 183 Å². The van der Waals surface area contributed by atoms with Crippen molar-refractivity contribution in [2.45, 2.75) is 31.8 Å². The molecule has 0 spiro atoms. The number of aromatic nitrogens is 3. The Morgan fingerprint density at radius 3 is 2.77 bits per heavy atom. The number of nitrogens with zero attached hydrogens (tertiary/aromatic N) is 4. The Kier molecular flexibility index (Phi) is 6.13. The summed E-state index contributed by atoms with van der Waals surface area (Å²) in [5.74, 6) is 0.0812. The second kappa shape index (κ2) is 9.13. The van der Waals surface area contributed by atoms with Gasteiger partial charge in [-0.3, -0.25) is 18.9 Å². The number of imide groups is 1. The summed E-state index contributed by atoms with van der Waals surface area (Å²) < 4.78 is 1.90. The van der Waals surface area contributed by atoms with Crippen LogP contribution in [0.15, 0.2) is 48.7 Å². The fourth-order valence-electron chi connectivity index (χ4n) is 3.46. The maximum atomic E-state index is 12.6. The van der Waals surface area contributed by atoms with E-state index in [4.69, 9.17) is 11.6 Å². The van der Waals surface area contributed by atoms with Gasteiger partial charge >= 0.3 is 6.03 Å². The van der Waals surface area contributed by atoms with E-state index in [9.17, 15) is 14.4 Å². The first-order valence-corrected chi connectivity index (χ1v) is 10.3. The Morgan fingerprint density at radius 2 is 1.94 bits per heavy atom. The molecule has 4 amide bonds. The van der Waals surface area contributed by atoms with E-state index in [0.717, 1.165) is 16.4 Å². The lowest BCUT2D eigenvalue weighted by molar-refractivity contribution is -0.131. The molecule has 1 aromatic carbocycles. The molecule has 0 radical (unpaired) electrons. The SMILES string of the molecule is O=C(C[C@@H]1NC(=O)N(Cc2ccccc2Cl)C1=O)NCCCc1nnc2ccccn12. The van der Waals surface area contributed by atoms with Crippen LogP contribution >= 0.6 is 11.6 Å². The fraction of sp³-hybridized carbons (Fsp3) is 0.286. The number of nitrogens with one attached hydrogen (secondary N) is 2. The van der Waals surface area contributed by atoms with Crippen LogP contribution in [0.4, 0.5) is 4.79 Å². The van der Waals surface area contributed by atoms with E-state index < -0.39 is 18.0 Å². The molecule has 0 saturated carbocycles. The van der Waals surface area contributed by atoms with E-state index in [1.807, 2.05) is 28.8 Å². The van der Waals surface area contributed by atoms with Crippen molar-refractivity contribution in [2.75, 3.05) is 6.54 Å². The lowest BCUT2D eigenvalue weighted by Crippen LogP contribution is -2.36. The summed E-state index contributed by atoms with van der Waals surface area (Å²) in [5, 5.41) is 14.1. The van der Waals surface area contributed by atoms with E-state index in [0.29, 0.717) is 30.0 Å². The third-order valence-electron chi connectivity index (χ3n) is 5.07. The summed E-state index contributed by atoms with van der Waals surface area (Å²) in [5.41, 5.74) is 1.44. The van der Waals surface area contributed by atoms with Crippen molar-refractivity contribution in [3.8, 4) is 0 Å². The zero-order valence-corrected chi connectivity index (χ0v) is 17.4. The number of benzene rings is 1. The van der Waals surface area contributed by atoms with Crippen molar-refractivity contribution >= 4 is 35.1 Å². The standard InChI is InChI=1S/C21H21ClN6O3/c22-15-7-2-1-6-14(15)13-28-20(30)16(24-21(28)31)12-19(29)23-10-5-9-18-26-25-17-8-3-4-11-27(17)18/h1-4,6-8,11,16H,5,9-10,12-13H2,(H,23,29)(H,24,31)/t16-/m0/s1. The number of rotatable bonds is 8. The van der Waals surface area contributed by atoms with Crippen LogP contribution < -0.4 is 10.6 Å². The minimum atomic E-state index is -0.879. The summed E-state index contributed by atoms with van der Waals surface area (Å²) in [6.07, 6.45) is 3.10. The van der Waals surface area contributed by atoms with Gasteiger partial charge in [-0.25, -0.2) is 4.79 Å². The molecule has 0 bridgehead atoms. The van der Waals surface area contributed by atoms with E-state index in [1.165, 1.54) is 0 Å². The fourth-order valence-corrected chi connectivity index (χ4v) is 3.65. The number of amides is 4. The quantitative estimate of drug-likeness (QED) is 0.411. The molecule has 2 N–H and O–H groups in total. The molecule has 4 rings (SSSR count). The Morgan fingerprint density at radius 1 is 1.13 bits per heavy atom. The van der Waals surface area contributed by atoms with E-state index >= 15 is 0 Å². The molecule has 1 aliphatic heterocycles. The first kappa shape index (κ1) is 20.8. The van der Waals surface area contributed by atoms with Gasteiger partial charge in [0, 0.05) is 24.2 Å². The number of carbonyl (C=O) groups is 3. The van der Waals surface area contributed by atoms with E-state index in [2.05, 4.69) is 20.8 Å². The van der Waals surface area contributed by atoms with Gasteiger partial charge in [-0.15, -0.1) is 10.2 Å². The highest BCUT2D eigenvalue weighted by molar-refractivity contribution is 6.31. The largest absolute Gasteiger partial charge is 0.356 e. The van der Waals surface area contributed by atoms with Crippen molar-refractivity contribution < 1.29 is 14.4 Å². The normalized spacial score (nSPS) is 16.0. The summed E-state index contributed by atoms with van der Waals surface area (Å²) in [7, 11) is 0. The van der Waals surface area contributed by atoms with Crippen molar-refractivity contribution in [2.24, 2.45) is 0 Å². The number of hydrogen-bond donors (Lipinski definition) is 2. The second-order valence-corrected chi connectivity index (χ2v) is 7.63. The Bertz CT molecular complexity index is 1130. The molecule has 0 aliphatic carbocycles. The Hall–Kier alpha value is -3.46. The molecular weight excluding hydrogens is 420 g/mol. The smallest absolute Gasteiger partial charge is 0.325 e. The molecule has 160 valence electrons. The number of halogens is 1. The molecule has 1 atom stereocenters. The van der Waals surface area contributed by atoms with E-state index in [1.54, 1.807) is 24.3 Å². The highest BCUT2D eigenvalue weighted by Crippen LogP contribution is 2.20. The molecule has 3 heterocycles. The van der Waals surface area contributed by atoms with Crippen molar-refractivity contribution in [3.05, 3.63) is 65.1 Å². The number of fused-ring (bicyclic) bond motifs is 1. The van der Waals surface area contributed by atoms with Gasteiger partial charge < -0.3 is 10.6 Å². The number of carbonyl (C=O) groups excluding carboxylic acids is 3. The molecule has 1 saturated heterocycles. The number of urea groups is 1. The van der Waals surface area contributed by atoms with Gasteiger partial charge in [0.25, 0.3) is 5.91 Å². The summed E-state index contributed by atoms with van der Waals surface area (Å²) in [6, 6.07) is 11.3. The van der Waals surface area contributed by atoms with Crippen LogP contribution in [0.5, 0.6) is 0 Å². The summed E-state index contributed by atoms with van der Waals surface area (Å²) in [4.78, 5) is 38.1. The first-order valence-electron chi connectivity index (χ1n) is 9.93. The van der Waals surface area contributed by atoms with Crippen molar-refractivity contribution in [3.63, 3.8) is 0 Å². The molecular formula is C21H21ClN6O3. The average Bonchev–Trinajstić information content (AvgIpc) is 3.29. The zero-order chi connectivity index (χ0) is 21.8. The molecule has 9 nitrogen and oxygen atoms in total. The van der Waals surface area contributed by atoms with Gasteiger partial charge in [-0.1, -0.05) is 35.9 Å². The number of hydrogen-bond acceptors (Lipinski definition) is 5. The molecule has 1 fully saturated rings. The first-order chi connectivity index (χ1) is 15.0. The maximum Gasteiger partial charge on any atom is 0.325 e. The average molecular weight is 441 g/mol. The topological polar surface area (TPSA) is 109 Å². The highest BCUT2D eigenvalue weighted by Gasteiger charge is 2.39. The van der Waals surface area contributed by atoms with Crippen LogP contribution in [0.2, 0.25) is 5.02 Å². The van der Waals surface area contributed by atoms with Gasteiger partial charge in [0.2, 0.25) is 5.91 Å². The molecule has 2 aromatic heterocycles. The predicted octanol–water partition coefficient (Wildman–Crippen LogP) is 1.94. The van der Waals surface area contributed by atoms with Crippen LogP contribution in [-0.4, -0.2) is 49.9 Å². The van der Waals surface area contributed by atoms with Gasteiger partial charge in [-0.2, -0.15) is 0 Å². The van der Waals surface area contributed by atoms with Crippen molar-refractivity contribution in [1.82, 2.24) is 30.1 Å². The van der Waals surface area contributed by atoms with Crippen LogP contribution in [-0.2, 0) is 22.6 Å². The van der Waals surface area contributed by atoms with E-state index in [-0.39, 0.29) is 18.9 Å². The second-order valence-electron chi connectivity index (χ2n) is 7.22. The predicted molar refractivity (Wildman–Crippen MR) is 113 cm³/mol. The third kappa shape index (κ3) is 4.66. The zero-order valence-electron chi connectivity index (χ0n) is 16.6. The summed E-state index contributed by atoms with van der Waals surface area (Å²) >= 11 is 6.12. The number of aryl methyl sites for hydroxylation is 1. The van der Waals surface area contributed by atoms with Gasteiger partial charge in [0.1, 0.15) is 11.9 Å². The molecule has 0 unspecified atom stereocenters. The number of pyridine rings is 1. The van der Waals surface area contributed by atoms with Crippen LogP contribution in [0, 0.1) is 0 Å². The molecule has 3 aromatic rings.